The van der Waals surface area contributed by atoms with Crippen LogP contribution in [0.1, 0.15) is 10.4 Å². The van der Waals surface area contributed by atoms with Gasteiger partial charge in [-0.1, -0.05) is 96.3 Å². The zero-order valence-corrected chi connectivity index (χ0v) is 20.2. The van der Waals surface area contributed by atoms with E-state index in [9.17, 15) is 14.9 Å². The first-order valence-corrected chi connectivity index (χ1v) is 12.1. The van der Waals surface area contributed by atoms with Gasteiger partial charge in [0.15, 0.2) is 4.80 Å². The van der Waals surface area contributed by atoms with Crippen LogP contribution in [0.5, 0.6) is 0 Å². The van der Waals surface area contributed by atoms with E-state index in [2.05, 4.69) is 41.4 Å². The summed E-state index contributed by atoms with van der Waals surface area (Å²) in [6.45, 7) is 0. The zero-order chi connectivity index (χ0) is 25.1. The summed E-state index contributed by atoms with van der Waals surface area (Å²) in [5.74, 6) is -0.452. The molecule has 7 heteroatoms. The number of thiazole rings is 1. The molecule has 0 saturated heterocycles. The number of benzene rings is 4. The number of amides is 1. The lowest BCUT2D eigenvalue weighted by atomic mass is 10.0. The van der Waals surface area contributed by atoms with Crippen molar-refractivity contribution in [3.63, 3.8) is 0 Å². The molecule has 1 amide bonds. The van der Waals surface area contributed by atoms with Crippen molar-refractivity contribution >= 4 is 22.9 Å². The first kappa shape index (κ1) is 23.1. The van der Waals surface area contributed by atoms with Crippen LogP contribution in [0.3, 0.4) is 0 Å². The molecule has 0 radical (unpaired) electrons. The monoisotopic (exact) mass is 491 g/mol. The third-order valence-corrected chi connectivity index (χ3v) is 7.04. The summed E-state index contributed by atoms with van der Waals surface area (Å²) in [6, 6.07) is 34.0. The fraction of sp³-hybridized carbons (Fsp3) is 0.0345. The summed E-state index contributed by atoms with van der Waals surface area (Å²) >= 11 is 1.43. The molecular weight excluding hydrogens is 470 g/mol. The Kier molecular flexibility index (Phi) is 6.38. The van der Waals surface area contributed by atoms with Crippen LogP contribution in [-0.4, -0.2) is 15.4 Å². The molecule has 0 unspecified atom stereocenters. The van der Waals surface area contributed by atoms with Gasteiger partial charge in [-0.25, -0.2) is 0 Å². The number of nitro groups is 1. The first-order valence-electron chi connectivity index (χ1n) is 11.3. The van der Waals surface area contributed by atoms with E-state index < -0.39 is 10.8 Å². The third-order valence-electron chi connectivity index (χ3n) is 5.85. The topological polar surface area (TPSA) is 77.5 Å². The van der Waals surface area contributed by atoms with Crippen molar-refractivity contribution in [2.45, 2.75) is 0 Å². The largest absolute Gasteiger partial charge is 0.319 e. The molecule has 0 aliphatic rings. The molecule has 1 aromatic heterocycles. The summed E-state index contributed by atoms with van der Waals surface area (Å²) in [5.41, 5.74) is 5.50. The first-order chi connectivity index (χ1) is 17.5. The molecule has 4 aromatic carbocycles. The average Bonchev–Trinajstić information content (AvgIpc) is 3.25. The minimum absolute atomic E-state index is 0.0687. The van der Waals surface area contributed by atoms with Crippen molar-refractivity contribution in [3.8, 4) is 32.8 Å². The molecule has 36 heavy (non-hydrogen) atoms. The molecule has 0 bridgehead atoms. The van der Waals surface area contributed by atoms with Crippen molar-refractivity contribution in [2.75, 3.05) is 0 Å². The predicted octanol–water partition coefficient (Wildman–Crippen LogP) is 6.74. The highest BCUT2D eigenvalue weighted by molar-refractivity contribution is 7.13. The van der Waals surface area contributed by atoms with E-state index >= 15 is 0 Å². The Morgan fingerprint density at radius 1 is 0.750 bits per heavy atom. The molecule has 5 aromatic rings. The number of rotatable bonds is 5. The number of carbonyl (C=O) groups excluding carboxylic acids is 1. The van der Waals surface area contributed by atoms with Crippen molar-refractivity contribution in [1.82, 2.24) is 4.57 Å². The molecular formula is C29H21N3O3S. The van der Waals surface area contributed by atoms with Crippen LogP contribution in [0.25, 0.3) is 32.8 Å². The quantitative estimate of drug-likeness (QED) is 0.202. The van der Waals surface area contributed by atoms with Crippen LogP contribution in [0.4, 0.5) is 5.69 Å². The van der Waals surface area contributed by atoms with Crippen molar-refractivity contribution in [2.24, 2.45) is 12.0 Å². The fourth-order valence-corrected chi connectivity index (χ4v) is 5.14. The molecule has 0 aliphatic heterocycles. The second-order valence-electron chi connectivity index (χ2n) is 8.15. The Balaban J connectivity index is 1.59. The number of aromatic nitrogens is 1. The van der Waals surface area contributed by atoms with E-state index in [0.717, 1.165) is 32.8 Å². The summed E-state index contributed by atoms with van der Waals surface area (Å²) in [6.07, 6.45) is 0. The number of carbonyl (C=O) groups is 1. The lowest BCUT2D eigenvalue weighted by Crippen LogP contribution is -2.14. The standard InChI is InChI=1S/C29H21N3O3S/c1-31-26(22-14-12-21(13-15-22)20-8-4-2-5-9-20)27(23-10-6-3-7-11-23)36-29(31)30-28(33)24-16-18-25(19-17-24)32(34)35/h2-19H,1H3. The highest BCUT2D eigenvalue weighted by Crippen LogP contribution is 2.35. The Labute approximate surface area is 211 Å². The van der Waals surface area contributed by atoms with Gasteiger partial charge >= 0.3 is 0 Å². The van der Waals surface area contributed by atoms with Gasteiger partial charge in [-0.15, -0.1) is 0 Å². The number of hydrogen-bond acceptors (Lipinski definition) is 4. The van der Waals surface area contributed by atoms with Crippen molar-refractivity contribution in [1.29, 1.82) is 0 Å². The van der Waals surface area contributed by atoms with Gasteiger partial charge in [0.1, 0.15) is 0 Å². The van der Waals surface area contributed by atoms with Gasteiger partial charge in [-0.05, 0) is 34.4 Å². The van der Waals surface area contributed by atoms with Gasteiger partial charge in [0.05, 0.1) is 15.5 Å². The van der Waals surface area contributed by atoms with E-state index in [1.165, 1.54) is 35.6 Å². The number of nitro benzene ring substituents is 1. The van der Waals surface area contributed by atoms with Crippen molar-refractivity contribution in [3.05, 3.63) is 130 Å². The molecule has 5 rings (SSSR count). The molecule has 1 heterocycles. The Morgan fingerprint density at radius 2 is 1.28 bits per heavy atom. The lowest BCUT2D eigenvalue weighted by molar-refractivity contribution is -0.384. The molecule has 176 valence electrons. The van der Waals surface area contributed by atoms with E-state index in [1.807, 2.05) is 60.1 Å². The van der Waals surface area contributed by atoms with Crippen LogP contribution in [0.15, 0.2) is 114 Å². The van der Waals surface area contributed by atoms with E-state index in [1.54, 1.807) is 0 Å². The summed E-state index contributed by atoms with van der Waals surface area (Å²) < 4.78 is 1.92. The van der Waals surface area contributed by atoms with Crippen molar-refractivity contribution < 1.29 is 9.72 Å². The van der Waals surface area contributed by atoms with Crippen LogP contribution >= 0.6 is 11.3 Å². The lowest BCUT2D eigenvalue weighted by Gasteiger charge is -2.09. The van der Waals surface area contributed by atoms with Gasteiger partial charge in [-0.2, -0.15) is 4.99 Å². The fourth-order valence-electron chi connectivity index (χ4n) is 3.99. The van der Waals surface area contributed by atoms with Gasteiger partial charge in [-0.3, -0.25) is 14.9 Å². The zero-order valence-electron chi connectivity index (χ0n) is 19.4. The second-order valence-corrected chi connectivity index (χ2v) is 9.13. The van der Waals surface area contributed by atoms with Crippen LogP contribution in [0, 0.1) is 10.1 Å². The minimum atomic E-state index is -0.494. The van der Waals surface area contributed by atoms with Crippen LogP contribution in [0.2, 0.25) is 0 Å². The highest BCUT2D eigenvalue weighted by atomic mass is 32.1. The van der Waals surface area contributed by atoms with E-state index in [0.29, 0.717) is 10.4 Å². The van der Waals surface area contributed by atoms with Crippen LogP contribution < -0.4 is 4.80 Å². The highest BCUT2D eigenvalue weighted by Gasteiger charge is 2.17. The van der Waals surface area contributed by atoms with Gasteiger partial charge in [0.2, 0.25) is 0 Å². The molecule has 0 saturated carbocycles. The Morgan fingerprint density at radius 3 is 1.86 bits per heavy atom. The maximum atomic E-state index is 12.9. The van der Waals surface area contributed by atoms with E-state index in [4.69, 9.17) is 0 Å². The summed E-state index contributed by atoms with van der Waals surface area (Å²) in [4.78, 5) is 29.2. The molecule has 0 spiro atoms. The van der Waals surface area contributed by atoms with Gasteiger partial charge in [0, 0.05) is 24.7 Å². The third kappa shape index (κ3) is 4.64. The number of nitrogens with zero attached hydrogens (tertiary/aromatic N) is 3. The SMILES string of the molecule is Cn1c(-c2ccc(-c3ccccc3)cc2)c(-c2ccccc2)sc1=NC(=O)c1ccc([N+](=O)[O-])cc1. The number of non-ortho nitro benzene ring substituents is 1. The molecule has 0 fully saturated rings. The molecule has 6 nitrogen and oxygen atoms in total. The maximum Gasteiger partial charge on any atom is 0.279 e. The summed E-state index contributed by atoms with van der Waals surface area (Å²) in [5, 5.41) is 10.9. The molecule has 0 N–H and O–H groups in total. The minimum Gasteiger partial charge on any atom is -0.319 e. The average molecular weight is 492 g/mol. The normalized spacial score (nSPS) is 11.4. The molecule has 0 aliphatic carbocycles. The number of hydrogen-bond donors (Lipinski definition) is 0. The predicted molar refractivity (Wildman–Crippen MR) is 143 cm³/mol. The molecule has 0 atom stereocenters. The summed E-state index contributed by atoms with van der Waals surface area (Å²) in [7, 11) is 1.89. The smallest absolute Gasteiger partial charge is 0.279 e. The second kappa shape index (κ2) is 9.93. The van der Waals surface area contributed by atoms with Gasteiger partial charge < -0.3 is 4.57 Å². The maximum absolute atomic E-state index is 12.9. The Hall–Kier alpha value is -4.62. The van der Waals surface area contributed by atoms with Crippen LogP contribution in [-0.2, 0) is 7.05 Å². The van der Waals surface area contributed by atoms with Gasteiger partial charge in [0.25, 0.3) is 11.6 Å². The van der Waals surface area contributed by atoms with E-state index in [-0.39, 0.29) is 5.69 Å². The Bertz CT molecular complexity index is 1600.